The number of fused-ring (bicyclic) bond motifs is 7. The van der Waals surface area contributed by atoms with Crippen LogP contribution >= 0.6 is 0 Å². The third kappa shape index (κ3) is 2.46. The van der Waals surface area contributed by atoms with Crippen molar-refractivity contribution >= 4 is 0 Å². The molecule has 0 aromatic rings. The van der Waals surface area contributed by atoms with E-state index in [4.69, 9.17) is 0 Å². The fourth-order valence-electron chi connectivity index (χ4n) is 11.6. The van der Waals surface area contributed by atoms with Gasteiger partial charge in [0.25, 0.3) is 0 Å². The lowest BCUT2D eigenvalue weighted by Crippen LogP contribution is -2.70. The minimum absolute atomic E-state index is 0.000153. The lowest BCUT2D eigenvalue weighted by atomic mass is 9.28. The monoisotopic (exact) mass is 440 g/mol. The zero-order chi connectivity index (χ0) is 23.5. The molecule has 0 saturated heterocycles. The van der Waals surface area contributed by atoms with Crippen LogP contribution in [0.15, 0.2) is 12.2 Å². The molecule has 0 heterocycles. The summed E-state index contributed by atoms with van der Waals surface area (Å²) in [6, 6.07) is 0. The molecule has 1 N–H and O–H groups in total. The molecule has 0 amide bonds. The summed E-state index contributed by atoms with van der Waals surface area (Å²) >= 11 is 0. The van der Waals surface area contributed by atoms with Crippen LogP contribution in [0.1, 0.15) is 120 Å². The first-order valence-electron chi connectivity index (χ1n) is 14.0. The van der Waals surface area contributed by atoms with Crippen molar-refractivity contribution in [2.24, 2.45) is 56.2 Å². The Kier molecular flexibility index (Phi) is 4.89. The molecule has 0 aromatic heterocycles. The van der Waals surface area contributed by atoms with E-state index in [1.165, 1.54) is 63.4 Å². The van der Waals surface area contributed by atoms with Gasteiger partial charge in [-0.15, -0.1) is 0 Å². The van der Waals surface area contributed by atoms with Gasteiger partial charge in [0.05, 0.1) is 6.10 Å². The maximum atomic E-state index is 11.1. The molecule has 0 radical (unpaired) electrons. The van der Waals surface area contributed by atoms with Crippen LogP contribution in [-0.4, -0.2) is 11.2 Å². The summed E-state index contributed by atoms with van der Waals surface area (Å²) < 4.78 is 0. The Hall–Kier alpha value is -0.300. The van der Waals surface area contributed by atoms with Crippen molar-refractivity contribution in [3.8, 4) is 0 Å². The van der Waals surface area contributed by atoms with Crippen LogP contribution in [0.5, 0.6) is 0 Å². The number of allylic oxidation sites excluding steroid dienone is 1. The molecule has 0 bridgehead atoms. The SMILES string of the molecule is C=C1CCC2(C)CCC3(C)C(CCC4C3(C)CCC3(C)C(C)(C)C(O)CCC43C)C2C1C. The van der Waals surface area contributed by atoms with E-state index >= 15 is 0 Å². The zero-order valence-electron chi connectivity index (χ0n) is 22.6. The summed E-state index contributed by atoms with van der Waals surface area (Å²) in [7, 11) is 0. The molecular formula is C31H52O. The van der Waals surface area contributed by atoms with Crippen LogP contribution < -0.4 is 0 Å². The van der Waals surface area contributed by atoms with Gasteiger partial charge in [-0.25, -0.2) is 0 Å². The number of rotatable bonds is 0. The van der Waals surface area contributed by atoms with Crippen molar-refractivity contribution in [3.05, 3.63) is 12.2 Å². The van der Waals surface area contributed by atoms with E-state index < -0.39 is 0 Å². The Morgan fingerprint density at radius 2 is 1.41 bits per heavy atom. The first kappa shape index (κ1) is 23.4. The predicted molar refractivity (Wildman–Crippen MR) is 135 cm³/mol. The quantitative estimate of drug-likeness (QED) is 0.375. The molecule has 10 atom stereocenters. The van der Waals surface area contributed by atoms with Gasteiger partial charge in [-0.05, 0) is 120 Å². The molecule has 0 aliphatic heterocycles. The standard InChI is InChI=1S/C31H52O/c1-20-12-14-27(5)16-17-28(6)22(25(27)21(20)2)10-11-23-29(28,7)18-19-31(9)26(3,4)24(32)13-15-30(23,31)8/h21-25,32H,1,10-19H2,2-9H3. The maximum Gasteiger partial charge on any atom is 0.0596 e. The molecule has 182 valence electrons. The van der Waals surface area contributed by atoms with Gasteiger partial charge in [-0.3, -0.25) is 0 Å². The van der Waals surface area contributed by atoms with Crippen LogP contribution in [0, 0.1) is 56.2 Å². The summed E-state index contributed by atoms with van der Waals surface area (Å²) in [6.07, 6.45) is 13.0. The minimum Gasteiger partial charge on any atom is -0.393 e. The predicted octanol–water partition coefficient (Wildman–Crippen LogP) is 8.41. The third-order valence-corrected chi connectivity index (χ3v) is 14.7. The highest BCUT2D eigenvalue weighted by molar-refractivity contribution is 5.23. The Balaban J connectivity index is 1.57. The van der Waals surface area contributed by atoms with Gasteiger partial charge in [0, 0.05) is 0 Å². The lowest BCUT2D eigenvalue weighted by molar-refractivity contribution is -0.282. The Morgan fingerprint density at radius 3 is 2.09 bits per heavy atom. The van der Waals surface area contributed by atoms with E-state index in [-0.39, 0.29) is 16.9 Å². The van der Waals surface area contributed by atoms with Gasteiger partial charge in [0.15, 0.2) is 0 Å². The number of aliphatic hydroxyl groups is 1. The molecular weight excluding hydrogens is 388 g/mol. The van der Waals surface area contributed by atoms with Crippen molar-refractivity contribution in [3.63, 3.8) is 0 Å². The van der Waals surface area contributed by atoms with Crippen molar-refractivity contribution < 1.29 is 5.11 Å². The van der Waals surface area contributed by atoms with Gasteiger partial charge in [-0.1, -0.05) is 67.5 Å². The summed E-state index contributed by atoms with van der Waals surface area (Å²) in [5.74, 6) is 3.15. The average molecular weight is 441 g/mol. The molecule has 5 rings (SSSR count). The molecule has 0 aromatic carbocycles. The Labute approximate surface area is 199 Å². The molecule has 1 heteroatoms. The van der Waals surface area contributed by atoms with Crippen LogP contribution in [0.25, 0.3) is 0 Å². The fourth-order valence-corrected chi connectivity index (χ4v) is 11.6. The highest BCUT2D eigenvalue weighted by Gasteiger charge is 2.72. The summed E-state index contributed by atoms with van der Waals surface area (Å²) in [6.45, 7) is 25.2. The van der Waals surface area contributed by atoms with E-state index in [1.54, 1.807) is 0 Å². The lowest BCUT2D eigenvalue weighted by Gasteiger charge is -2.76. The fraction of sp³-hybridized carbons (Fsp3) is 0.935. The maximum absolute atomic E-state index is 11.1. The van der Waals surface area contributed by atoms with Gasteiger partial charge in [0.2, 0.25) is 0 Å². The molecule has 5 aliphatic carbocycles. The van der Waals surface area contributed by atoms with Gasteiger partial charge >= 0.3 is 0 Å². The summed E-state index contributed by atoms with van der Waals surface area (Å²) in [5, 5.41) is 11.1. The second-order valence-electron chi connectivity index (χ2n) is 15.2. The molecule has 1 nitrogen and oxygen atoms in total. The molecule has 0 spiro atoms. The normalized spacial score (nSPS) is 59.4. The minimum atomic E-state index is -0.152. The van der Waals surface area contributed by atoms with Crippen LogP contribution in [-0.2, 0) is 0 Å². The van der Waals surface area contributed by atoms with Crippen molar-refractivity contribution in [2.75, 3.05) is 0 Å². The van der Waals surface area contributed by atoms with Gasteiger partial charge in [0.1, 0.15) is 0 Å². The van der Waals surface area contributed by atoms with Crippen LogP contribution in [0.3, 0.4) is 0 Å². The van der Waals surface area contributed by atoms with Crippen molar-refractivity contribution in [1.82, 2.24) is 0 Å². The largest absolute Gasteiger partial charge is 0.393 e. The Morgan fingerprint density at radius 1 is 0.750 bits per heavy atom. The summed E-state index contributed by atoms with van der Waals surface area (Å²) in [4.78, 5) is 0. The molecule has 5 saturated carbocycles. The summed E-state index contributed by atoms with van der Waals surface area (Å²) in [5.41, 5.74) is 3.48. The van der Waals surface area contributed by atoms with Gasteiger partial charge < -0.3 is 5.11 Å². The van der Waals surface area contributed by atoms with Crippen molar-refractivity contribution in [1.29, 1.82) is 0 Å². The smallest absolute Gasteiger partial charge is 0.0596 e. The van der Waals surface area contributed by atoms with Gasteiger partial charge in [-0.2, -0.15) is 0 Å². The van der Waals surface area contributed by atoms with E-state index in [9.17, 15) is 5.11 Å². The zero-order valence-corrected chi connectivity index (χ0v) is 22.6. The van der Waals surface area contributed by atoms with E-state index in [0.29, 0.717) is 27.6 Å². The number of aliphatic hydroxyl groups excluding tert-OH is 1. The topological polar surface area (TPSA) is 20.2 Å². The van der Waals surface area contributed by atoms with E-state index in [2.05, 4.69) is 62.0 Å². The number of hydrogen-bond donors (Lipinski definition) is 1. The second-order valence-corrected chi connectivity index (χ2v) is 15.2. The first-order valence-corrected chi connectivity index (χ1v) is 14.0. The highest BCUT2D eigenvalue weighted by Crippen LogP contribution is 2.79. The van der Waals surface area contributed by atoms with Crippen LogP contribution in [0.2, 0.25) is 0 Å². The van der Waals surface area contributed by atoms with Crippen molar-refractivity contribution in [2.45, 2.75) is 126 Å². The second kappa shape index (κ2) is 6.67. The highest BCUT2D eigenvalue weighted by atomic mass is 16.3. The molecule has 32 heavy (non-hydrogen) atoms. The molecule has 5 aliphatic rings. The first-order chi connectivity index (χ1) is 14.7. The number of hydrogen-bond acceptors (Lipinski definition) is 1. The van der Waals surface area contributed by atoms with E-state index in [0.717, 1.165) is 24.2 Å². The van der Waals surface area contributed by atoms with E-state index in [1.807, 2.05) is 0 Å². The third-order valence-electron chi connectivity index (χ3n) is 14.7. The average Bonchev–Trinajstić information content (AvgIpc) is 2.72. The molecule has 5 fully saturated rings. The van der Waals surface area contributed by atoms with Crippen LogP contribution in [0.4, 0.5) is 0 Å². The Bertz CT molecular complexity index is 811. The molecule has 10 unspecified atom stereocenters.